The predicted octanol–water partition coefficient (Wildman–Crippen LogP) is 3.00. The van der Waals surface area contributed by atoms with E-state index in [-0.39, 0.29) is 0 Å². The Balaban J connectivity index is 2.38. The van der Waals surface area contributed by atoms with E-state index in [0.29, 0.717) is 0 Å². The van der Waals surface area contributed by atoms with Crippen LogP contribution in [0.2, 0.25) is 0 Å². The van der Waals surface area contributed by atoms with E-state index in [1.54, 1.807) is 0 Å². The molecule has 0 fully saturated rings. The van der Waals surface area contributed by atoms with Gasteiger partial charge in [-0.15, -0.1) is 0 Å². The summed E-state index contributed by atoms with van der Waals surface area (Å²) in [5.41, 5.74) is 1.60. The van der Waals surface area contributed by atoms with Gasteiger partial charge in [0.1, 0.15) is 0 Å². The highest BCUT2D eigenvalue weighted by molar-refractivity contribution is 5.72. The first-order valence-electron chi connectivity index (χ1n) is 5.18. The fraction of sp³-hybridized carbons (Fsp3) is 0.385. The predicted molar refractivity (Wildman–Crippen MR) is 58.9 cm³/mol. The van der Waals surface area contributed by atoms with Crippen LogP contribution in [0.4, 0.5) is 0 Å². The zero-order valence-corrected chi connectivity index (χ0v) is 8.53. The maximum absolute atomic E-state index is 10.2. The van der Waals surface area contributed by atoms with Gasteiger partial charge in [0.2, 0.25) is 0 Å². The van der Waals surface area contributed by atoms with E-state index in [2.05, 4.69) is 18.2 Å². The maximum Gasteiger partial charge on any atom is 0.0871 e. The molecule has 1 aliphatic rings. The van der Waals surface area contributed by atoms with Gasteiger partial charge < -0.3 is 5.11 Å². The second kappa shape index (κ2) is 3.58. The second-order valence-corrected chi connectivity index (χ2v) is 4.15. The summed E-state index contributed by atoms with van der Waals surface area (Å²) in [5, 5.41) is 10.2. The third-order valence-corrected chi connectivity index (χ3v) is 2.88. The molecule has 2 rings (SSSR count). The quantitative estimate of drug-likeness (QED) is 0.718. The summed E-state index contributed by atoms with van der Waals surface area (Å²) in [6, 6.07) is 10.2. The molecular formula is C13H16O. The van der Waals surface area contributed by atoms with Crippen molar-refractivity contribution >= 4 is 5.57 Å². The molecule has 0 radical (unpaired) electrons. The van der Waals surface area contributed by atoms with E-state index in [9.17, 15) is 5.11 Å². The fourth-order valence-corrected chi connectivity index (χ4v) is 2.09. The topological polar surface area (TPSA) is 20.2 Å². The van der Waals surface area contributed by atoms with Crippen molar-refractivity contribution in [2.24, 2.45) is 0 Å². The van der Waals surface area contributed by atoms with Crippen molar-refractivity contribution in [2.45, 2.75) is 31.8 Å². The molecule has 0 heterocycles. The van der Waals surface area contributed by atoms with Crippen molar-refractivity contribution in [1.29, 1.82) is 0 Å². The molecule has 1 atom stereocenters. The van der Waals surface area contributed by atoms with Crippen LogP contribution in [0, 0.1) is 0 Å². The molecule has 0 saturated carbocycles. The van der Waals surface area contributed by atoms with Crippen molar-refractivity contribution in [3.8, 4) is 0 Å². The Morgan fingerprint density at radius 3 is 2.57 bits per heavy atom. The Labute approximate surface area is 85.1 Å². The largest absolute Gasteiger partial charge is 0.385 e. The summed E-state index contributed by atoms with van der Waals surface area (Å²) in [6.45, 7) is 1.91. The first-order chi connectivity index (χ1) is 6.70. The van der Waals surface area contributed by atoms with E-state index < -0.39 is 5.60 Å². The Morgan fingerprint density at radius 1 is 1.21 bits per heavy atom. The minimum atomic E-state index is -0.639. The lowest BCUT2D eigenvalue weighted by molar-refractivity contribution is 0.106. The number of hydrogen-bond donors (Lipinski definition) is 1. The van der Waals surface area contributed by atoms with Gasteiger partial charge in [0, 0.05) is 0 Å². The average molecular weight is 188 g/mol. The maximum atomic E-state index is 10.2. The number of benzene rings is 1. The van der Waals surface area contributed by atoms with Gasteiger partial charge in [0.05, 0.1) is 5.60 Å². The fourth-order valence-electron chi connectivity index (χ4n) is 2.09. The highest BCUT2D eigenvalue weighted by Gasteiger charge is 2.28. The summed E-state index contributed by atoms with van der Waals surface area (Å²) in [5.74, 6) is 0. The smallest absolute Gasteiger partial charge is 0.0871 e. The van der Waals surface area contributed by atoms with E-state index in [4.69, 9.17) is 0 Å². The number of allylic oxidation sites excluding steroid dienone is 1. The standard InChI is InChI=1S/C13H16O/c1-13(14)10-6-5-9-12(13)11-7-3-2-4-8-11/h2-4,7-9,14H,5-6,10H2,1H3. The highest BCUT2D eigenvalue weighted by atomic mass is 16.3. The minimum Gasteiger partial charge on any atom is -0.385 e. The first kappa shape index (κ1) is 9.47. The zero-order valence-electron chi connectivity index (χ0n) is 8.53. The van der Waals surface area contributed by atoms with Crippen LogP contribution in [-0.2, 0) is 0 Å². The average Bonchev–Trinajstić information content (AvgIpc) is 2.18. The molecule has 0 amide bonds. The van der Waals surface area contributed by atoms with Crippen molar-refractivity contribution in [3.05, 3.63) is 42.0 Å². The van der Waals surface area contributed by atoms with Gasteiger partial charge >= 0.3 is 0 Å². The molecule has 0 spiro atoms. The number of hydrogen-bond acceptors (Lipinski definition) is 1. The van der Waals surface area contributed by atoms with Crippen LogP contribution in [0.5, 0.6) is 0 Å². The summed E-state index contributed by atoms with van der Waals surface area (Å²) in [6.07, 6.45) is 5.20. The molecule has 0 saturated heterocycles. The van der Waals surface area contributed by atoms with Crippen LogP contribution in [0.1, 0.15) is 31.7 Å². The third-order valence-electron chi connectivity index (χ3n) is 2.88. The van der Waals surface area contributed by atoms with Crippen molar-refractivity contribution < 1.29 is 5.11 Å². The molecule has 0 bridgehead atoms. The molecule has 1 nitrogen and oxygen atoms in total. The minimum absolute atomic E-state index is 0.639. The lowest BCUT2D eigenvalue weighted by Gasteiger charge is -2.30. The highest BCUT2D eigenvalue weighted by Crippen LogP contribution is 2.35. The second-order valence-electron chi connectivity index (χ2n) is 4.15. The van der Waals surface area contributed by atoms with Gasteiger partial charge in [-0.25, -0.2) is 0 Å². The Kier molecular flexibility index (Phi) is 2.42. The van der Waals surface area contributed by atoms with Crippen molar-refractivity contribution in [3.63, 3.8) is 0 Å². The molecule has 0 aliphatic heterocycles. The van der Waals surface area contributed by atoms with Gasteiger partial charge in [-0.05, 0) is 37.3 Å². The third kappa shape index (κ3) is 1.73. The van der Waals surface area contributed by atoms with Crippen LogP contribution in [-0.4, -0.2) is 10.7 Å². The van der Waals surface area contributed by atoms with E-state index in [1.807, 2.05) is 25.1 Å². The molecule has 1 aliphatic carbocycles. The molecule has 74 valence electrons. The molecule has 1 unspecified atom stereocenters. The van der Waals surface area contributed by atoms with Crippen LogP contribution in [0.3, 0.4) is 0 Å². The zero-order chi connectivity index (χ0) is 10.0. The van der Waals surface area contributed by atoms with Gasteiger partial charge in [-0.3, -0.25) is 0 Å². The monoisotopic (exact) mass is 188 g/mol. The Bertz CT molecular complexity index is 336. The first-order valence-corrected chi connectivity index (χ1v) is 5.18. The number of rotatable bonds is 1. The summed E-state index contributed by atoms with van der Waals surface area (Å²) < 4.78 is 0. The Hall–Kier alpha value is -1.08. The van der Waals surface area contributed by atoms with Crippen molar-refractivity contribution in [2.75, 3.05) is 0 Å². The number of aliphatic hydroxyl groups is 1. The van der Waals surface area contributed by atoms with Crippen molar-refractivity contribution in [1.82, 2.24) is 0 Å². The summed E-state index contributed by atoms with van der Waals surface area (Å²) in [7, 11) is 0. The Morgan fingerprint density at radius 2 is 1.93 bits per heavy atom. The molecule has 1 N–H and O–H groups in total. The summed E-state index contributed by atoms with van der Waals surface area (Å²) >= 11 is 0. The lowest BCUT2D eigenvalue weighted by Crippen LogP contribution is -2.28. The molecule has 1 aromatic carbocycles. The molecule has 0 aromatic heterocycles. The van der Waals surface area contributed by atoms with Crippen LogP contribution >= 0.6 is 0 Å². The van der Waals surface area contributed by atoms with Gasteiger partial charge in [-0.1, -0.05) is 36.4 Å². The summed E-state index contributed by atoms with van der Waals surface area (Å²) in [4.78, 5) is 0. The molecule has 1 aromatic rings. The van der Waals surface area contributed by atoms with E-state index in [0.717, 1.165) is 30.4 Å². The van der Waals surface area contributed by atoms with Crippen LogP contribution in [0.15, 0.2) is 36.4 Å². The van der Waals surface area contributed by atoms with Crippen LogP contribution < -0.4 is 0 Å². The SMILES string of the molecule is CC1(O)CCCC=C1c1ccccc1. The van der Waals surface area contributed by atoms with Crippen LogP contribution in [0.25, 0.3) is 5.57 Å². The van der Waals surface area contributed by atoms with E-state index >= 15 is 0 Å². The lowest BCUT2D eigenvalue weighted by atomic mass is 9.81. The molecule has 1 heteroatoms. The molecule has 14 heavy (non-hydrogen) atoms. The normalized spacial score (nSPS) is 27.1. The van der Waals surface area contributed by atoms with Gasteiger partial charge in [0.15, 0.2) is 0 Å². The van der Waals surface area contributed by atoms with Gasteiger partial charge in [-0.2, -0.15) is 0 Å². The van der Waals surface area contributed by atoms with Gasteiger partial charge in [0.25, 0.3) is 0 Å². The molecular weight excluding hydrogens is 172 g/mol. The van der Waals surface area contributed by atoms with E-state index in [1.165, 1.54) is 0 Å².